The predicted octanol–water partition coefficient (Wildman–Crippen LogP) is 4.63. The Labute approximate surface area is 136 Å². The van der Waals surface area contributed by atoms with Gasteiger partial charge in [-0.2, -0.15) is 0 Å². The molecular formula is C17H11ClN2O3. The number of halogens is 1. The van der Waals surface area contributed by atoms with Crippen LogP contribution in [0.1, 0.15) is 15.9 Å². The van der Waals surface area contributed by atoms with E-state index in [1.54, 1.807) is 42.6 Å². The van der Waals surface area contributed by atoms with Crippen LogP contribution in [0.5, 0.6) is 0 Å². The van der Waals surface area contributed by atoms with Crippen molar-refractivity contribution in [3.8, 4) is 0 Å². The average Bonchev–Trinajstić information content (AvgIpc) is 2.96. The van der Waals surface area contributed by atoms with Crippen molar-refractivity contribution in [1.29, 1.82) is 0 Å². The van der Waals surface area contributed by atoms with Gasteiger partial charge in [0.1, 0.15) is 0 Å². The maximum absolute atomic E-state index is 12.3. The minimum Gasteiger partial charge on any atom is -0.360 e. The quantitative estimate of drug-likeness (QED) is 0.329. The number of fused-ring (bicyclic) bond motifs is 1. The van der Waals surface area contributed by atoms with Crippen LogP contribution >= 0.6 is 11.6 Å². The Hall–Kier alpha value is -2.92. The van der Waals surface area contributed by atoms with Crippen LogP contribution < -0.4 is 0 Å². The molecule has 114 valence electrons. The fourth-order valence-electron chi connectivity index (χ4n) is 2.27. The molecule has 0 unspecified atom stereocenters. The van der Waals surface area contributed by atoms with Crippen LogP contribution in [0.15, 0.2) is 54.7 Å². The number of H-pyrrole nitrogens is 1. The van der Waals surface area contributed by atoms with E-state index in [1.807, 2.05) is 0 Å². The van der Waals surface area contributed by atoms with Crippen LogP contribution in [0.4, 0.5) is 5.69 Å². The van der Waals surface area contributed by atoms with Gasteiger partial charge in [0, 0.05) is 39.8 Å². The maximum Gasteiger partial charge on any atom is 0.269 e. The zero-order chi connectivity index (χ0) is 16.4. The molecule has 0 aliphatic carbocycles. The van der Waals surface area contributed by atoms with Gasteiger partial charge in [0.15, 0.2) is 5.78 Å². The highest BCUT2D eigenvalue weighted by Gasteiger charge is 2.10. The highest BCUT2D eigenvalue weighted by molar-refractivity contribution is 6.31. The van der Waals surface area contributed by atoms with Crippen LogP contribution in [0.3, 0.4) is 0 Å². The second-order valence-electron chi connectivity index (χ2n) is 4.94. The summed E-state index contributed by atoms with van der Waals surface area (Å²) in [6, 6.07) is 11.3. The lowest BCUT2D eigenvalue weighted by molar-refractivity contribution is -0.384. The normalized spacial score (nSPS) is 11.2. The molecule has 1 heterocycles. The van der Waals surface area contributed by atoms with E-state index in [1.165, 1.54) is 18.2 Å². The molecule has 3 rings (SSSR count). The number of hydrogen-bond acceptors (Lipinski definition) is 3. The van der Waals surface area contributed by atoms with Gasteiger partial charge in [-0.3, -0.25) is 14.9 Å². The number of carbonyl (C=O) groups excluding carboxylic acids is 1. The van der Waals surface area contributed by atoms with Gasteiger partial charge in [-0.05, 0) is 35.9 Å². The number of non-ortho nitro benzene ring substituents is 1. The summed E-state index contributed by atoms with van der Waals surface area (Å²) in [5.74, 6) is -0.156. The van der Waals surface area contributed by atoms with E-state index < -0.39 is 4.92 Å². The second-order valence-corrected chi connectivity index (χ2v) is 5.37. The van der Waals surface area contributed by atoms with Gasteiger partial charge in [-0.25, -0.2) is 0 Å². The van der Waals surface area contributed by atoms with Crippen molar-refractivity contribution in [2.24, 2.45) is 0 Å². The van der Waals surface area contributed by atoms with E-state index in [-0.39, 0.29) is 11.5 Å². The Morgan fingerprint density at radius 1 is 1.17 bits per heavy atom. The molecule has 6 heteroatoms. The van der Waals surface area contributed by atoms with Gasteiger partial charge in [-0.15, -0.1) is 0 Å². The lowest BCUT2D eigenvalue weighted by Gasteiger charge is -1.96. The van der Waals surface area contributed by atoms with E-state index in [0.29, 0.717) is 16.1 Å². The summed E-state index contributed by atoms with van der Waals surface area (Å²) in [6.45, 7) is 0. The summed E-state index contributed by atoms with van der Waals surface area (Å²) in [5, 5.41) is 12.0. The molecular weight excluding hydrogens is 316 g/mol. The molecule has 0 atom stereocenters. The number of rotatable bonds is 4. The molecule has 0 fully saturated rings. The molecule has 0 aliphatic heterocycles. The number of nitro groups is 1. The molecule has 0 amide bonds. The third-order valence-electron chi connectivity index (χ3n) is 3.44. The third kappa shape index (κ3) is 3.14. The van der Waals surface area contributed by atoms with Gasteiger partial charge in [-0.1, -0.05) is 23.7 Å². The SMILES string of the molecule is O=C(C=Cc1ccc([N+](=O)[O-])cc1)c1c[nH]c2cc(Cl)ccc12. The Morgan fingerprint density at radius 3 is 2.61 bits per heavy atom. The summed E-state index contributed by atoms with van der Waals surface area (Å²) in [5.41, 5.74) is 2.08. The molecule has 0 radical (unpaired) electrons. The minimum absolute atomic E-state index is 0.0157. The second kappa shape index (κ2) is 6.06. The summed E-state index contributed by atoms with van der Waals surface area (Å²) in [7, 11) is 0. The fourth-order valence-corrected chi connectivity index (χ4v) is 2.44. The number of nitrogens with zero attached hydrogens (tertiary/aromatic N) is 1. The van der Waals surface area contributed by atoms with Crippen LogP contribution in [-0.2, 0) is 0 Å². The summed E-state index contributed by atoms with van der Waals surface area (Å²) < 4.78 is 0. The Bertz CT molecular complexity index is 927. The predicted molar refractivity (Wildman–Crippen MR) is 89.8 cm³/mol. The molecule has 1 N–H and O–H groups in total. The summed E-state index contributed by atoms with van der Waals surface area (Å²) in [4.78, 5) is 25.5. The number of nitro benzene ring substituents is 1. The van der Waals surface area contributed by atoms with Crippen molar-refractivity contribution in [1.82, 2.24) is 4.98 Å². The maximum atomic E-state index is 12.3. The number of ketones is 1. The summed E-state index contributed by atoms with van der Waals surface area (Å²) >= 11 is 5.92. The molecule has 23 heavy (non-hydrogen) atoms. The van der Waals surface area contributed by atoms with Gasteiger partial charge in [0.2, 0.25) is 0 Å². The molecule has 0 spiro atoms. The topological polar surface area (TPSA) is 76.0 Å². The zero-order valence-corrected chi connectivity index (χ0v) is 12.6. The van der Waals surface area contributed by atoms with Crippen LogP contribution in [0.25, 0.3) is 17.0 Å². The van der Waals surface area contributed by atoms with Crippen LogP contribution in [0, 0.1) is 10.1 Å². The van der Waals surface area contributed by atoms with Gasteiger partial charge >= 0.3 is 0 Å². The monoisotopic (exact) mass is 326 g/mol. The summed E-state index contributed by atoms with van der Waals surface area (Å²) in [6.07, 6.45) is 4.71. The van der Waals surface area contributed by atoms with Crippen LogP contribution in [0.2, 0.25) is 5.02 Å². The minimum atomic E-state index is -0.463. The van der Waals surface area contributed by atoms with E-state index in [9.17, 15) is 14.9 Å². The molecule has 0 aliphatic rings. The average molecular weight is 327 g/mol. The first-order valence-corrected chi connectivity index (χ1v) is 7.16. The molecule has 5 nitrogen and oxygen atoms in total. The number of aromatic amines is 1. The smallest absolute Gasteiger partial charge is 0.269 e. The molecule has 1 aromatic heterocycles. The van der Waals surface area contributed by atoms with Crippen molar-refractivity contribution in [3.05, 3.63) is 81.0 Å². The van der Waals surface area contributed by atoms with Gasteiger partial charge in [0.25, 0.3) is 5.69 Å². The van der Waals surface area contributed by atoms with E-state index >= 15 is 0 Å². The fraction of sp³-hybridized carbons (Fsp3) is 0. The number of benzene rings is 2. The van der Waals surface area contributed by atoms with E-state index in [2.05, 4.69) is 4.98 Å². The Kier molecular flexibility index (Phi) is 3.95. The highest BCUT2D eigenvalue weighted by atomic mass is 35.5. The number of hydrogen-bond donors (Lipinski definition) is 1. The first-order chi connectivity index (χ1) is 11.0. The number of aromatic nitrogens is 1. The first-order valence-electron chi connectivity index (χ1n) is 6.78. The van der Waals surface area contributed by atoms with Crippen molar-refractivity contribution >= 4 is 40.1 Å². The van der Waals surface area contributed by atoms with Crippen molar-refractivity contribution in [2.45, 2.75) is 0 Å². The molecule has 0 saturated carbocycles. The Balaban J connectivity index is 1.83. The van der Waals surface area contributed by atoms with Gasteiger partial charge in [0.05, 0.1) is 4.92 Å². The lowest BCUT2D eigenvalue weighted by atomic mass is 10.1. The van der Waals surface area contributed by atoms with Crippen molar-refractivity contribution in [2.75, 3.05) is 0 Å². The molecule has 0 saturated heterocycles. The number of allylic oxidation sites excluding steroid dienone is 1. The number of nitrogens with one attached hydrogen (secondary N) is 1. The van der Waals surface area contributed by atoms with Crippen molar-refractivity contribution in [3.63, 3.8) is 0 Å². The lowest BCUT2D eigenvalue weighted by Crippen LogP contribution is -1.92. The van der Waals surface area contributed by atoms with E-state index in [0.717, 1.165) is 10.9 Å². The zero-order valence-electron chi connectivity index (χ0n) is 11.8. The highest BCUT2D eigenvalue weighted by Crippen LogP contribution is 2.23. The van der Waals surface area contributed by atoms with Crippen LogP contribution in [-0.4, -0.2) is 15.7 Å². The number of carbonyl (C=O) groups is 1. The standard InChI is InChI=1S/C17H11ClN2O3/c18-12-4-7-14-15(10-19-16(14)9-12)17(21)8-3-11-1-5-13(6-2-11)20(22)23/h1-10,19H. The largest absolute Gasteiger partial charge is 0.360 e. The third-order valence-corrected chi connectivity index (χ3v) is 3.68. The molecule has 0 bridgehead atoms. The van der Waals surface area contributed by atoms with Crippen molar-refractivity contribution < 1.29 is 9.72 Å². The Morgan fingerprint density at radius 2 is 1.91 bits per heavy atom. The van der Waals surface area contributed by atoms with E-state index in [4.69, 9.17) is 11.6 Å². The molecule has 3 aromatic rings. The molecule has 2 aromatic carbocycles. The first kappa shape index (κ1) is 15.0. The van der Waals surface area contributed by atoms with Gasteiger partial charge < -0.3 is 4.98 Å².